The van der Waals surface area contributed by atoms with E-state index in [1.807, 2.05) is 4.90 Å². The molecule has 0 radical (unpaired) electrons. The first-order valence-corrected chi connectivity index (χ1v) is 6.80. The van der Waals surface area contributed by atoms with Crippen molar-refractivity contribution >= 4 is 5.91 Å². The van der Waals surface area contributed by atoms with Gasteiger partial charge in [0, 0.05) is 32.6 Å². The minimum absolute atomic E-state index is 0.121. The number of likely N-dealkylation sites (tertiary alicyclic amines) is 1. The molecule has 4 heteroatoms. The Morgan fingerprint density at radius 3 is 2.47 bits per heavy atom. The Morgan fingerprint density at radius 2 is 1.94 bits per heavy atom. The van der Waals surface area contributed by atoms with Gasteiger partial charge in [-0.15, -0.1) is 0 Å². The Bertz CT molecular complexity index is 267. The first-order chi connectivity index (χ1) is 8.09. The summed E-state index contributed by atoms with van der Waals surface area (Å²) in [6.45, 7) is 3.67. The first kappa shape index (κ1) is 12.8. The highest BCUT2D eigenvalue weighted by Crippen LogP contribution is 2.23. The van der Waals surface area contributed by atoms with Crippen LogP contribution in [-0.2, 0) is 4.79 Å². The number of rotatable bonds is 3. The van der Waals surface area contributed by atoms with Crippen molar-refractivity contribution in [2.45, 2.75) is 57.1 Å². The highest BCUT2D eigenvalue weighted by atomic mass is 16.3. The summed E-state index contributed by atoms with van der Waals surface area (Å²) >= 11 is 0. The molecule has 0 spiro atoms. The second kappa shape index (κ2) is 5.36. The molecule has 98 valence electrons. The van der Waals surface area contributed by atoms with Gasteiger partial charge in [-0.25, -0.2) is 0 Å². The monoisotopic (exact) mass is 240 g/mol. The summed E-state index contributed by atoms with van der Waals surface area (Å²) in [7, 11) is 0. The molecular weight excluding hydrogens is 216 g/mol. The van der Waals surface area contributed by atoms with Crippen molar-refractivity contribution in [3.63, 3.8) is 0 Å². The largest absolute Gasteiger partial charge is 0.388 e. The molecule has 4 nitrogen and oxygen atoms in total. The minimum atomic E-state index is -0.603. The molecule has 1 heterocycles. The minimum Gasteiger partial charge on any atom is -0.388 e. The number of amides is 1. The molecule has 0 aromatic rings. The van der Waals surface area contributed by atoms with Crippen molar-refractivity contribution in [3.05, 3.63) is 0 Å². The van der Waals surface area contributed by atoms with E-state index < -0.39 is 5.60 Å². The van der Waals surface area contributed by atoms with Crippen molar-refractivity contribution in [2.75, 3.05) is 19.6 Å². The van der Waals surface area contributed by atoms with Crippen molar-refractivity contribution in [3.8, 4) is 0 Å². The lowest BCUT2D eigenvalue weighted by molar-refractivity contribution is -0.132. The van der Waals surface area contributed by atoms with Crippen LogP contribution in [0.25, 0.3) is 0 Å². The summed E-state index contributed by atoms with van der Waals surface area (Å²) < 4.78 is 0. The van der Waals surface area contributed by atoms with E-state index in [2.05, 4.69) is 5.32 Å². The fourth-order valence-corrected chi connectivity index (χ4v) is 2.88. The maximum Gasteiger partial charge on any atom is 0.219 e. The molecule has 1 saturated carbocycles. The number of carbonyl (C=O) groups excluding carboxylic acids is 1. The SMILES string of the molecule is CC(=O)N1CCC(O)(CNC2CCCC2)CC1. The molecule has 1 amide bonds. The summed E-state index contributed by atoms with van der Waals surface area (Å²) in [5.41, 5.74) is -0.603. The predicted molar refractivity (Wildman–Crippen MR) is 66.7 cm³/mol. The number of piperidine rings is 1. The van der Waals surface area contributed by atoms with Gasteiger partial charge in [0.1, 0.15) is 0 Å². The van der Waals surface area contributed by atoms with Crippen LogP contribution in [0, 0.1) is 0 Å². The molecule has 17 heavy (non-hydrogen) atoms. The normalized spacial score (nSPS) is 25.2. The van der Waals surface area contributed by atoms with E-state index in [4.69, 9.17) is 0 Å². The van der Waals surface area contributed by atoms with Gasteiger partial charge >= 0.3 is 0 Å². The van der Waals surface area contributed by atoms with Crippen molar-refractivity contribution in [2.24, 2.45) is 0 Å². The number of nitrogens with zero attached hydrogens (tertiary/aromatic N) is 1. The van der Waals surface area contributed by atoms with Crippen molar-refractivity contribution < 1.29 is 9.90 Å². The van der Waals surface area contributed by atoms with Crippen LogP contribution in [0.3, 0.4) is 0 Å². The Kier molecular flexibility index (Phi) is 4.05. The zero-order valence-corrected chi connectivity index (χ0v) is 10.7. The van der Waals surface area contributed by atoms with Gasteiger partial charge in [0.05, 0.1) is 5.60 Å². The van der Waals surface area contributed by atoms with Gasteiger partial charge in [-0.05, 0) is 25.7 Å². The number of carbonyl (C=O) groups is 1. The standard InChI is InChI=1S/C13H24N2O2/c1-11(16)15-8-6-13(17,7-9-15)10-14-12-4-2-3-5-12/h12,14,17H,2-10H2,1H3. The lowest BCUT2D eigenvalue weighted by atomic mass is 9.91. The molecule has 0 atom stereocenters. The topological polar surface area (TPSA) is 52.6 Å². The van der Waals surface area contributed by atoms with E-state index >= 15 is 0 Å². The molecule has 2 N–H and O–H groups in total. The summed E-state index contributed by atoms with van der Waals surface area (Å²) in [5.74, 6) is 0.121. The molecule has 0 unspecified atom stereocenters. The van der Waals surface area contributed by atoms with Gasteiger partial charge in [-0.2, -0.15) is 0 Å². The van der Waals surface area contributed by atoms with E-state index in [-0.39, 0.29) is 5.91 Å². The van der Waals surface area contributed by atoms with Gasteiger partial charge in [-0.1, -0.05) is 12.8 Å². The molecule has 0 aromatic heterocycles. The maximum absolute atomic E-state index is 11.2. The van der Waals surface area contributed by atoms with Crippen LogP contribution in [0.4, 0.5) is 0 Å². The van der Waals surface area contributed by atoms with Crippen LogP contribution in [0.15, 0.2) is 0 Å². The van der Waals surface area contributed by atoms with Crippen LogP contribution < -0.4 is 5.32 Å². The average Bonchev–Trinajstić information content (AvgIpc) is 2.80. The number of hydrogen-bond donors (Lipinski definition) is 2. The van der Waals surface area contributed by atoms with Crippen molar-refractivity contribution in [1.82, 2.24) is 10.2 Å². The summed E-state index contributed by atoms with van der Waals surface area (Å²) in [6, 6.07) is 0.602. The molecule has 1 aliphatic carbocycles. The summed E-state index contributed by atoms with van der Waals surface area (Å²) in [4.78, 5) is 13.0. The van der Waals surface area contributed by atoms with Crippen LogP contribution in [-0.4, -0.2) is 47.2 Å². The van der Waals surface area contributed by atoms with Gasteiger partial charge in [0.25, 0.3) is 0 Å². The summed E-state index contributed by atoms with van der Waals surface area (Å²) in [6.07, 6.45) is 6.52. The van der Waals surface area contributed by atoms with E-state index in [0.29, 0.717) is 38.5 Å². The maximum atomic E-state index is 11.2. The lowest BCUT2D eigenvalue weighted by Gasteiger charge is -2.38. The fraction of sp³-hybridized carbons (Fsp3) is 0.923. The highest BCUT2D eigenvalue weighted by molar-refractivity contribution is 5.73. The van der Waals surface area contributed by atoms with Gasteiger partial charge in [0.2, 0.25) is 5.91 Å². The smallest absolute Gasteiger partial charge is 0.219 e. The Labute approximate surface area is 103 Å². The third-order valence-corrected chi connectivity index (χ3v) is 4.21. The third kappa shape index (κ3) is 3.42. The highest BCUT2D eigenvalue weighted by Gasteiger charge is 2.33. The van der Waals surface area contributed by atoms with Crippen LogP contribution in [0.5, 0.6) is 0 Å². The Balaban J connectivity index is 1.74. The zero-order chi connectivity index (χ0) is 12.3. The molecule has 0 bridgehead atoms. The Morgan fingerprint density at radius 1 is 1.35 bits per heavy atom. The number of aliphatic hydroxyl groups is 1. The van der Waals surface area contributed by atoms with E-state index in [9.17, 15) is 9.90 Å². The molecule has 0 aromatic carbocycles. The average molecular weight is 240 g/mol. The molecule has 2 aliphatic rings. The fourth-order valence-electron chi connectivity index (χ4n) is 2.88. The van der Waals surface area contributed by atoms with E-state index in [0.717, 1.165) is 0 Å². The zero-order valence-electron chi connectivity index (χ0n) is 10.7. The second-order valence-electron chi connectivity index (χ2n) is 5.59. The second-order valence-corrected chi connectivity index (χ2v) is 5.59. The van der Waals surface area contributed by atoms with Crippen LogP contribution >= 0.6 is 0 Å². The quantitative estimate of drug-likeness (QED) is 0.770. The lowest BCUT2D eigenvalue weighted by Crippen LogP contribution is -2.52. The van der Waals surface area contributed by atoms with E-state index in [1.165, 1.54) is 25.7 Å². The first-order valence-electron chi connectivity index (χ1n) is 6.80. The van der Waals surface area contributed by atoms with E-state index in [1.54, 1.807) is 6.92 Å². The van der Waals surface area contributed by atoms with Crippen molar-refractivity contribution in [1.29, 1.82) is 0 Å². The molecule has 1 aliphatic heterocycles. The van der Waals surface area contributed by atoms with Crippen LogP contribution in [0.2, 0.25) is 0 Å². The number of hydrogen-bond acceptors (Lipinski definition) is 3. The molecule has 2 fully saturated rings. The third-order valence-electron chi connectivity index (χ3n) is 4.21. The Hall–Kier alpha value is -0.610. The van der Waals surface area contributed by atoms with Gasteiger partial charge < -0.3 is 15.3 Å². The number of nitrogens with one attached hydrogen (secondary N) is 1. The molecular formula is C13H24N2O2. The molecule has 1 saturated heterocycles. The van der Waals surface area contributed by atoms with Gasteiger partial charge in [0.15, 0.2) is 0 Å². The van der Waals surface area contributed by atoms with Crippen LogP contribution in [0.1, 0.15) is 45.4 Å². The predicted octanol–water partition coefficient (Wildman–Crippen LogP) is 0.892. The molecule has 2 rings (SSSR count). The summed E-state index contributed by atoms with van der Waals surface area (Å²) in [5, 5.41) is 13.9. The van der Waals surface area contributed by atoms with Gasteiger partial charge in [-0.3, -0.25) is 4.79 Å².